The Hall–Kier alpha value is -1.21. The molecule has 0 aromatic carbocycles. The number of halogens is 1. The van der Waals surface area contributed by atoms with Crippen molar-refractivity contribution in [1.29, 1.82) is 0 Å². The summed E-state index contributed by atoms with van der Waals surface area (Å²) >= 11 is 4.74. The van der Waals surface area contributed by atoms with E-state index in [4.69, 9.17) is 0 Å². The van der Waals surface area contributed by atoms with E-state index < -0.39 is 0 Å². The van der Waals surface area contributed by atoms with Crippen LogP contribution in [0.1, 0.15) is 41.1 Å². The Morgan fingerprint density at radius 3 is 2.79 bits per heavy atom. The van der Waals surface area contributed by atoms with Gasteiger partial charge in [-0.2, -0.15) is 0 Å². The molecule has 0 aliphatic rings. The lowest BCUT2D eigenvalue weighted by Gasteiger charge is -2.06. The molecule has 102 valence electrons. The number of nitrogens with zero attached hydrogens (tertiary/aromatic N) is 3. The van der Waals surface area contributed by atoms with E-state index in [1.165, 1.54) is 11.3 Å². The van der Waals surface area contributed by atoms with Crippen molar-refractivity contribution in [3.8, 4) is 0 Å². The zero-order valence-electron chi connectivity index (χ0n) is 11.0. The molecule has 0 atom stereocenters. The molecule has 0 saturated heterocycles. The van der Waals surface area contributed by atoms with Gasteiger partial charge in [0.2, 0.25) is 0 Å². The van der Waals surface area contributed by atoms with Gasteiger partial charge in [-0.25, -0.2) is 0 Å². The molecule has 0 radical (unpaired) electrons. The number of hydrogen-bond donors (Lipinski definition) is 1. The fourth-order valence-electron chi connectivity index (χ4n) is 1.71. The van der Waals surface area contributed by atoms with E-state index in [9.17, 15) is 4.79 Å². The highest BCUT2D eigenvalue weighted by atomic mass is 79.9. The Bertz CT molecular complexity index is 590. The van der Waals surface area contributed by atoms with Crippen LogP contribution in [0.5, 0.6) is 0 Å². The van der Waals surface area contributed by atoms with Gasteiger partial charge in [0.25, 0.3) is 5.91 Å². The second kappa shape index (κ2) is 5.83. The van der Waals surface area contributed by atoms with Crippen LogP contribution in [0.25, 0.3) is 0 Å². The van der Waals surface area contributed by atoms with Gasteiger partial charge in [0, 0.05) is 22.8 Å². The van der Waals surface area contributed by atoms with E-state index in [1.807, 2.05) is 17.0 Å². The zero-order valence-corrected chi connectivity index (χ0v) is 13.4. The van der Waals surface area contributed by atoms with Crippen molar-refractivity contribution in [2.24, 2.45) is 7.05 Å². The number of amides is 1. The van der Waals surface area contributed by atoms with Crippen molar-refractivity contribution in [2.75, 3.05) is 0 Å². The predicted octanol–water partition coefficient (Wildman–Crippen LogP) is 2.69. The van der Waals surface area contributed by atoms with E-state index in [0.29, 0.717) is 17.3 Å². The Morgan fingerprint density at radius 1 is 1.53 bits per heavy atom. The lowest BCUT2D eigenvalue weighted by molar-refractivity contribution is 0.0953. The summed E-state index contributed by atoms with van der Waals surface area (Å²) in [5.74, 6) is 1.90. The molecule has 0 bridgehead atoms. The molecule has 2 rings (SSSR count). The van der Waals surface area contributed by atoms with E-state index in [1.54, 1.807) is 6.07 Å². The first-order chi connectivity index (χ1) is 8.99. The van der Waals surface area contributed by atoms with Crippen molar-refractivity contribution < 1.29 is 4.79 Å². The third-order valence-corrected chi connectivity index (χ3v) is 4.40. The SMILES string of the molecule is CC(C)c1nnc(CNC(=O)c2cc(Br)cs2)n1C. The lowest BCUT2D eigenvalue weighted by Crippen LogP contribution is -2.23. The Labute approximate surface area is 124 Å². The summed E-state index contributed by atoms with van der Waals surface area (Å²) in [5, 5.41) is 13.0. The molecular weight excluding hydrogens is 328 g/mol. The van der Waals surface area contributed by atoms with Crippen LogP contribution in [0.15, 0.2) is 15.9 Å². The topological polar surface area (TPSA) is 59.8 Å². The van der Waals surface area contributed by atoms with Gasteiger partial charge in [-0.15, -0.1) is 21.5 Å². The summed E-state index contributed by atoms with van der Waals surface area (Å²) in [6.07, 6.45) is 0. The van der Waals surface area contributed by atoms with Crippen molar-refractivity contribution in [3.63, 3.8) is 0 Å². The molecule has 5 nitrogen and oxygen atoms in total. The maximum atomic E-state index is 11.9. The first-order valence-electron chi connectivity index (χ1n) is 5.89. The van der Waals surface area contributed by atoms with E-state index in [0.717, 1.165) is 16.1 Å². The number of aromatic nitrogens is 3. The minimum Gasteiger partial charge on any atom is -0.344 e. The van der Waals surface area contributed by atoms with Crippen LogP contribution in [0, 0.1) is 0 Å². The number of hydrogen-bond acceptors (Lipinski definition) is 4. The van der Waals surface area contributed by atoms with Crippen molar-refractivity contribution >= 4 is 33.2 Å². The highest BCUT2D eigenvalue weighted by Crippen LogP contribution is 2.19. The highest BCUT2D eigenvalue weighted by molar-refractivity contribution is 9.10. The van der Waals surface area contributed by atoms with E-state index >= 15 is 0 Å². The highest BCUT2D eigenvalue weighted by Gasteiger charge is 2.13. The van der Waals surface area contributed by atoms with Gasteiger partial charge in [0.05, 0.1) is 11.4 Å². The minimum absolute atomic E-state index is 0.0928. The van der Waals surface area contributed by atoms with E-state index in [2.05, 4.69) is 45.3 Å². The molecule has 2 aromatic rings. The molecule has 0 aliphatic carbocycles. The zero-order chi connectivity index (χ0) is 14.0. The lowest BCUT2D eigenvalue weighted by atomic mass is 10.2. The van der Waals surface area contributed by atoms with Crippen molar-refractivity contribution in [3.05, 3.63) is 32.4 Å². The summed E-state index contributed by atoms with van der Waals surface area (Å²) in [6, 6.07) is 1.80. The first-order valence-corrected chi connectivity index (χ1v) is 7.56. The fraction of sp³-hybridized carbons (Fsp3) is 0.417. The van der Waals surface area contributed by atoms with Crippen LogP contribution in [-0.4, -0.2) is 20.7 Å². The van der Waals surface area contributed by atoms with Crippen LogP contribution in [0.2, 0.25) is 0 Å². The monoisotopic (exact) mass is 342 g/mol. The second-order valence-electron chi connectivity index (χ2n) is 4.50. The Balaban J connectivity index is 2.01. The van der Waals surface area contributed by atoms with Gasteiger partial charge in [-0.05, 0) is 22.0 Å². The minimum atomic E-state index is -0.0928. The average molecular weight is 343 g/mol. The van der Waals surface area contributed by atoms with Gasteiger partial charge in [0.15, 0.2) is 5.82 Å². The van der Waals surface area contributed by atoms with Gasteiger partial charge in [-0.3, -0.25) is 4.79 Å². The summed E-state index contributed by atoms with van der Waals surface area (Å²) in [6.45, 7) is 4.51. The van der Waals surface area contributed by atoms with Crippen LogP contribution in [0.3, 0.4) is 0 Å². The van der Waals surface area contributed by atoms with Crippen molar-refractivity contribution in [2.45, 2.75) is 26.3 Å². The normalized spacial score (nSPS) is 11.0. The van der Waals surface area contributed by atoms with Crippen LogP contribution < -0.4 is 5.32 Å². The third kappa shape index (κ3) is 3.22. The van der Waals surface area contributed by atoms with Crippen LogP contribution in [-0.2, 0) is 13.6 Å². The quantitative estimate of drug-likeness (QED) is 0.929. The van der Waals surface area contributed by atoms with Crippen LogP contribution >= 0.6 is 27.3 Å². The van der Waals surface area contributed by atoms with Gasteiger partial charge in [0.1, 0.15) is 5.82 Å². The maximum absolute atomic E-state index is 11.9. The molecule has 0 aliphatic heterocycles. The summed E-state index contributed by atoms with van der Waals surface area (Å²) in [7, 11) is 1.92. The van der Waals surface area contributed by atoms with Gasteiger partial charge < -0.3 is 9.88 Å². The standard InChI is InChI=1S/C12H15BrN4OS/c1-7(2)11-16-15-10(17(11)3)5-14-12(18)9-4-8(13)6-19-9/h4,6-7H,5H2,1-3H3,(H,14,18). The van der Waals surface area contributed by atoms with E-state index in [-0.39, 0.29) is 5.91 Å². The largest absolute Gasteiger partial charge is 0.344 e. The van der Waals surface area contributed by atoms with Crippen molar-refractivity contribution in [1.82, 2.24) is 20.1 Å². The Kier molecular flexibility index (Phi) is 4.36. The smallest absolute Gasteiger partial charge is 0.261 e. The number of carbonyl (C=O) groups is 1. The molecule has 0 fully saturated rings. The molecule has 0 saturated carbocycles. The molecule has 0 spiro atoms. The molecule has 0 unspecified atom stereocenters. The summed E-state index contributed by atoms with van der Waals surface area (Å²) in [4.78, 5) is 12.6. The number of nitrogens with one attached hydrogen (secondary N) is 1. The molecule has 1 amide bonds. The Morgan fingerprint density at radius 2 is 2.26 bits per heavy atom. The summed E-state index contributed by atoms with van der Waals surface area (Å²) in [5.41, 5.74) is 0. The molecule has 19 heavy (non-hydrogen) atoms. The average Bonchev–Trinajstić information content (AvgIpc) is 2.93. The summed E-state index contributed by atoms with van der Waals surface area (Å²) < 4.78 is 2.85. The predicted molar refractivity (Wildman–Crippen MR) is 78.3 cm³/mol. The second-order valence-corrected chi connectivity index (χ2v) is 6.33. The maximum Gasteiger partial charge on any atom is 0.261 e. The van der Waals surface area contributed by atoms with Crippen LogP contribution in [0.4, 0.5) is 0 Å². The number of carbonyl (C=O) groups excluding carboxylic acids is 1. The first kappa shape index (κ1) is 14.2. The number of rotatable bonds is 4. The number of thiophene rings is 1. The molecule has 1 N–H and O–H groups in total. The molecule has 2 heterocycles. The van der Waals surface area contributed by atoms with Gasteiger partial charge >= 0.3 is 0 Å². The van der Waals surface area contributed by atoms with Gasteiger partial charge in [-0.1, -0.05) is 13.8 Å². The molecule has 7 heteroatoms. The molecular formula is C12H15BrN4OS. The third-order valence-electron chi connectivity index (χ3n) is 2.71. The molecule has 2 aromatic heterocycles. The fourth-order valence-corrected chi connectivity index (χ4v) is 3.05.